The van der Waals surface area contributed by atoms with Crippen LogP contribution in [0.4, 0.5) is 10.5 Å². The molecule has 1 atom stereocenters. The van der Waals surface area contributed by atoms with Crippen molar-refractivity contribution < 1.29 is 23.2 Å². The third-order valence-electron chi connectivity index (χ3n) is 4.42. The number of nitrogens with zero attached hydrogens (tertiary/aromatic N) is 3. The van der Waals surface area contributed by atoms with Gasteiger partial charge in [-0.2, -0.15) is 10.4 Å². The summed E-state index contributed by atoms with van der Waals surface area (Å²) in [5.74, 6) is -2.12. The van der Waals surface area contributed by atoms with Gasteiger partial charge in [-0.1, -0.05) is 30.1 Å². The fourth-order valence-electron chi connectivity index (χ4n) is 2.99. The van der Waals surface area contributed by atoms with Crippen LogP contribution in [-0.4, -0.2) is 34.5 Å². The summed E-state index contributed by atoms with van der Waals surface area (Å²) in [6, 6.07) is 4.18. The number of nitriles is 1. The number of H-pyrrole nitrogens is 1. The highest BCUT2D eigenvalue weighted by atomic mass is 35.5. The molecule has 0 spiro atoms. The standard InChI is InChI=1S/C20H18Cl2N6O5/c1-3-32-20(31)24-17(29)14(8-23)26-25-10-6-12(21)16(13(22)7-10)33-19-11-5-4-9(2)15(11)18(30)27-28-19/h6-7,9,25H,3-5H2,1-2H3,(H,27,30)(H,24,29,31)/b26-14-/t9-/m1/s1/i2D3. The van der Waals surface area contributed by atoms with E-state index in [1.165, 1.54) is 18.2 Å². The van der Waals surface area contributed by atoms with Crippen LogP contribution in [-0.2, 0) is 16.0 Å². The Bertz CT molecular complexity index is 1320. The van der Waals surface area contributed by atoms with Crippen molar-refractivity contribution in [2.75, 3.05) is 12.0 Å². The smallest absolute Gasteiger partial charge is 0.414 e. The number of hydrogen-bond donors (Lipinski definition) is 3. The molecule has 0 radical (unpaired) electrons. The fourth-order valence-corrected chi connectivity index (χ4v) is 3.56. The maximum atomic E-state index is 12.3. The molecule has 0 aliphatic heterocycles. The number of hydrazone groups is 1. The zero-order chi connectivity index (χ0) is 26.6. The molecule has 11 nitrogen and oxygen atoms in total. The normalized spacial score (nSPS) is 16.5. The second kappa shape index (κ2) is 10.3. The minimum Gasteiger partial charge on any atom is -0.450 e. The second-order valence-electron chi connectivity index (χ2n) is 6.57. The number of nitrogens with one attached hydrogen (secondary N) is 3. The molecule has 2 aromatic rings. The van der Waals surface area contributed by atoms with Gasteiger partial charge in [0.05, 0.1) is 22.3 Å². The number of imide groups is 1. The van der Waals surface area contributed by atoms with E-state index in [0.29, 0.717) is 5.56 Å². The van der Waals surface area contributed by atoms with Gasteiger partial charge in [0.2, 0.25) is 11.6 Å². The van der Waals surface area contributed by atoms with Gasteiger partial charge in [-0.25, -0.2) is 9.89 Å². The average Bonchev–Trinajstić information content (AvgIpc) is 3.25. The highest BCUT2D eigenvalue weighted by Crippen LogP contribution is 2.41. The van der Waals surface area contributed by atoms with E-state index < -0.39 is 36.0 Å². The summed E-state index contributed by atoms with van der Waals surface area (Å²) < 4.78 is 33.4. The van der Waals surface area contributed by atoms with Gasteiger partial charge in [-0.15, -0.1) is 5.10 Å². The Kier molecular flexibility index (Phi) is 6.27. The molecule has 13 heteroatoms. The summed E-state index contributed by atoms with van der Waals surface area (Å²) in [5.41, 5.74) is 1.75. The number of anilines is 1. The Morgan fingerprint density at radius 2 is 2.15 bits per heavy atom. The predicted molar refractivity (Wildman–Crippen MR) is 120 cm³/mol. The number of benzene rings is 1. The number of halogens is 2. The number of aromatic amines is 1. The first-order chi connectivity index (χ1) is 17.0. The molecule has 172 valence electrons. The summed E-state index contributed by atoms with van der Waals surface area (Å²) in [6.07, 6.45) is -0.547. The van der Waals surface area contributed by atoms with Crippen molar-refractivity contribution in [3.8, 4) is 17.7 Å². The van der Waals surface area contributed by atoms with E-state index >= 15 is 0 Å². The van der Waals surface area contributed by atoms with Gasteiger partial charge < -0.3 is 9.47 Å². The number of rotatable bonds is 6. The van der Waals surface area contributed by atoms with E-state index in [0.717, 1.165) is 0 Å². The van der Waals surface area contributed by atoms with E-state index in [4.69, 9.17) is 37.3 Å². The first-order valence-electron chi connectivity index (χ1n) is 11.0. The van der Waals surface area contributed by atoms with Crippen LogP contribution in [0.15, 0.2) is 22.0 Å². The van der Waals surface area contributed by atoms with Crippen molar-refractivity contribution >= 4 is 46.6 Å². The lowest BCUT2D eigenvalue weighted by Crippen LogP contribution is -2.36. The quantitative estimate of drug-likeness (QED) is 0.405. The van der Waals surface area contributed by atoms with E-state index in [9.17, 15) is 14.4 Å². The predicted octanol–water partition coefficient (Wildman–Crippen LogP) is 3.48. The Labute approximate surface area is 201 Å². The number of carbonyl (C=O) groups excluding carboxylic acids is 2. The molecular formula is C20H18Cl2N6O5. The van der Waals surface area contributed by atoms with Crippen LogP contribution < -0.4 is 21.0 Å². The fraction of sp³-hybridized carbons (Fsp3) is 0.300. The number of ether oxygens (including phenoxy) is 2. The van der Waals surface area contributed by atoms with E-state index in [1.807, 2.05) is 5.32 Å². The van der Waals surface area contributed by atoms with Crippen molar-refractivity contribution in [2.24, 2.45) is 5.10 Å². The monoisotopic (exact) mass is 495 g/mol. The zero-order valence-corrected chi connectivity index (χ0v) is 18.5. The number of amides is 2. The molecule has 1 aliphatic rings. The lowest BCUT2D eigenvalue weighted by atomic mass is 10.1. The molecule has 1 aromatic carbocycles. The minimum absolute atomic E-state index is 0.0261. The van der Waals surface area contributed by atoms with Crippen molar-refractivity contribution in [3.05, 3.63) is 43.7 Å². The van der Waals surface area contributed by atoms with Crippen LogP contribution in [0, 0.1) is 11.3 Å². The second-order valence-corrected chi connectivity index (χ2v) is 7.39. The Balaban J connectivity index is 1.83. The molecule has 1 aliphatic carbocycles. The molecule has 0 saturated heterocycles. The number of hydrogen-bond acceptors (Lipinski definition) is 9. The van der Waals surface area contributed by atoms with Crippen molar-refractivity contribution in [1.82, 2.24) is 15.5 Å². The third kappa shape index (κ3) is 5.42. The summed E-state index contributed by atoms with van der Waals surface area (Å²) in [5, 5.41) is 20.7. The topological polar surface area (TPSA) is 159 Å². The average molecular weight is 496 g/mol. The van der Waals surface area contributed by atoms with E-state index in [1.54, 1.807) is 6.92 Å². The molecule has 3 N–H and O–H groups in total. The zero-order valence-electron chi connectivity index (χ0n) is 20.0. The van der Waals surface area contributed by atoms with Gasteiger partial charge in [0.1, 0.15) is 6.07 Å². The molecule has 33 heavy (non-hydrogen) atoms. The Morgan fingerprint density at radius 3 is 2.79 bits per heavy atom. The summed E-state index contributed by atoms with van der Waals surface area (Å²) in [6.45, 7) is -0.797. The van der Waals surface area contributed by atoms with Crippen molar-refractivity contribution in [3.63, 3.8) is 0 Å². The third-order valence-corrected chi connectivity index (χ3v) is 4.99. The number of carbonyl (C=O) groups is 2. The molecule has 1 aromatic heterocycles. The van der Waals surface area contributed by atoms with Gasteiger partial charge in [0, 0.05) is 15.2 Å². The Hall–Kier alpha value is -3.62. The van der Waals surface area contributed by atoms with Gasteiger partial charge >= 0.3 is 6.09 Å². The summed E-state index contributed by atoms with van der Waals surface area (Å²) >= 11 is 12.6. The van der Waals surface area contributed by atoms with Gasteiger partial charge in [-0.3, -0.25) is 20.3 Å². The molecular weight excluding hydrogens is 475 g/mol. The molecule has 3 rings (SSSR count). The molecule has 0 fully saturated rings. The lowest BCUT2D eigenvalue weighted by molar-refractivity contribution is -0.114. The van der Waals surface area contributed by atoms with E-state index in [2.05, 4.69) is 25.5 Å². The first kappa shape index (κ1) is 20.0. The van der Waals surface area contributed by atoms with Crippen LogP contribution in [0.5, 0.6) is 11.6 Å². The maximum absolute atomic E-state index is 12.3. The van der Waals surface area contributed by atoms with Crippen molar-refractivity contribution in [1.29, 1.82) is 5.26 Å². The van der Waals surface area contributed by atoms with Gasteiger partial charge in [-0.05, 0) is 37.8 Å². The SMILES string of the molecule is [2H]C([2H])([2H])[C@@H]1CCc2c(Oc3c(Cl)cc(N/N=C(/C#N)C(=O)NC(=O)OCC)cc3Cl)n[nH]c(=O)c21. The van der Waals surface area contributed by atoms with Crippen LogP contribution in [0.2, 0.25) is 10.0 Å². The summed E-state index contributed by atoms with van der Waals surface area (Å²) in [7, 11) is 0. The maximum Gasteiger partial charge on any atom is 0.414 e. The molecule has 0 saturated carbocycles. The number of aromatic nitrogens is 2. The Morgan fingerprint density at radius 1 is 1.42 bits per heavy atom. The number of alkyl carbamates (subject to hydrolysis) is 1. The van der Waals surface area contributed by atoms with Crippen LogP contribution in [0.1, 0.15) is 41.4 Å². The lowest BCUT2D eigenvalue weighted by Gasteiger charge is -2.13. The highest BCUT2D eigenvalue weighted by molar-refractivity contribution is 6.47. The first-order valence-corrected chi connectivity index (χ1v) is 10.2. The summed E-state index contributed by atoms with van der Waals surface area (Å²) in [4.78, 5) is 35.5. The van der Waals surface area contributed by atoms with Crippen LogP contribution in [0.3, 0.4) is 0 Å². The molecule has 1 heterocycles. The van der Waals surface area contributed by atoms with Gasteiger partial charge in [0.15, 0.2) is 5.75 Å². The highest BCUT2D eigenvalue weighted by Gasteiger charge is 2.27. The molecule has 0 bridgehead atoms. The van der Waals surface area contributed by atoms with E-state index in [-0.39, 0.29) is 52.4 Å². The minimum atomic E-state index is -2.37. The largest absolute Gasteiger partial charge is 0.450 e. The van der Waals surface area contributed by atoms with Crippen LogP contribution in [0.25, 0.3) is 0 Å². The molecule has 2 amide bonds. The van der Waals surface area contributed by atoms with Crippen molar-refractivity contribution in [2.45, 2.75) is 32.5 Å². The molecule has 0 unspecified atom stereocenters. The van der Waals surface area contributed by atoms with Gasteiger partial charge in [0.25, 0.3) is 11.5 Å². The number of fused-ring (bicyclic) bond motifs is 1. The van der Waals surface area contributed by atoms with Crippen LogP contribution >= 0.6 is 23.2 Å².